The lowest BCUT2D eigenvalue weighted by molar-refractivity contribution is 0.624. The largest absolute Gasteiger partial charge is 0.384 e. The molecule has 2 aromatic rings. The summed E-state index contributed by atoms with van der Waals surface area (Å²) in [5, 5.41) is 12.1. The van der Waals surface area contributed by atoms with E-state index in [4.69, 9.17) is 5.26 Å². The van der Waals surface area contributed by atoms with Crippen LogP contribution in [-0.2, 0) is 0 Å². The van der Waals surface area contributed by atoms with E-state index in [1.165, 1.54) is 11.8 Å². The molecule has 0 saturated heterocycles. The number of nitrogens with one attached hydrogen (secondary N) is 1. The molecule has 0 spiro atoms. The zero-order valence-corrected chi connectivity index (χ0v) is 12.0. The minimum atomic E-state index is -0.482. The molecular formula is C17H18FN3. The minimum Gasteiger partial charge on any atom is -0.384 e. The number of rotatable bonds is 6. The van der Waals surface area contributed by atoms with Gasteiger partial charge in [-0.1, -0.05) is 24.3 Å². The van der Waals surface area contributed by atoms with Crippen molar-refractivity contribution in [3.8, 4) is 6.07 Å². The Balaban J connectivity index is 1.83. The second-order valence-corrected chi connectivity index (χ2v) is 4.81. The summed E-state index contributed by atoms with van der Waals surface area (Å²) in [5.41, 5.74) is 1.80. The van der Waals surface area contributed by atoms with Gasteiger partial charge in [0.25, 0.3) is 0 Å². The molecule has 0 aromatic heterocycles. The molecule has 0 amide bonds. The van der Waals surface area contributed by atoms with E-state index in [0.29, 0.717) is 12.2 Å². The Bertz CT molecular complexity index is 620. The fourth-order valence-corrected chi connectivity index (χ4v) is 2.14. The average Bonchev–Trinajstić information content (AvgIpc) is 2.52. The SMILES string of the molecule is CN(CCCNc1cccc(F)c1C#N)c1ccccc1. The fourth-order valence-electron chi connectivity index (χ4n) is 2.14. The van der Waals surface area contributed by atoms with Crippen LogP contribution in [0.15, 0.2) is 48.5 Å². The summed E-state index contributed by atoms with van der Waals surface area (Å²) in [6, 6.07) is 16.7. The van der Waals surface area contributed by atoms with Gasteiger partial charge in [-0.15, -0.1) is 0 Å². The number of anilines is 2. The van der Waals surface area contributed by atoms with Crippen molar-refractivity contribution in [3.63, 3.8) is 0 Å². The van der Waals surface area contributed by atoms with E-state index >= 15 is 0 Å². The van der Waals surface area contributed by atoms with Crippen LogP contribution in [0.25, 0.3) is 0 Å². The van der Waals surface area contributed by atoms with Gasteiger partial charge in [-0.2, -0.15) is 5.26 Å². The first-order valence-electron chi connectivity index (χ1n) is 6.91. The molecule has 108 valence electrons. The van der Waals surface area contributed by atoms with Gasteiger partial charge in [0, 0.05) is 25.8 Å². The first-order valence-corrected chi connectivity index (χ1v) is 6.91. The molecule has 4 heteroatoms. The Labute approximate surface area is 124 Å². The molecule has 21 heavy (non-hydrogen) atoms. The van der Waals surface area contributed by atoms with Gasteiger partial charge in [0.05, 0.1) is 5.69 Å². The highest BCUT2D eigenvalue weighted by Gasteiger charge is 2.07. The average molecular weight is 283 g/mol. The maximum Gasteiger partial charge on any atom is 0.143 e. The predicted molar refractivity (Wildman–Crippen MR) is 83.9 cm³/mol. The molecule has 0 unspecified atom stereocenters. The number of nitriles is 1. The lowest BCUT2D eigenvalue weighted by Crippen LogP contribution is -2.20. The first kappa shape index (κ1) is 14.9. The van der Waals surface area contributed by atoms with Crippen molar-refractivity contribution in [1.82, 2.24) is 0 Å². The van der Waals surface area contributed by atoms with E-state index in [2.05, 4.69) is 22.3 Å². The Morgan fingerprint density at radius 2 is 1.90 bits per heavy atom. The molecule has 0 heterocycles. The molecule has 2 aromatic carbocycles. The molecule has 0 aliphatic heterocycles. The van der Waals surface area contributed by atoms with Crippen LogP contribution in [0.5, 0.6) is 0 Å². The van der Waals surface area contributed by atoms with Gasteiger partial charge in [0.2, 0.25) is 0 Å². The zero-order chi connectivity index (χ0) is 15.1. The van der Waals surface area contributed by atoms with Crippen LogP contribution in [-0.4, -0.2) is 20.1 Å². The Morgan fingerprint density at radius 1 is 1.14 bits per heavy atom. The van der Waals surface area contributed by atoms with Crippen molar-refractivity contribution in [1.29, 1.82) is 5.26 Å². The number of hydrogen-bond acceptors (Lipinski definition) is 3. The minimum absolute atomic E-state index is 0.0777. The molecule has 0 fully saturated rings. The summed E-state index contributed by atoms with van der Waals surface area (Å²) in [5.74, 6) is -0.482. The van der Waals surface area contributed by atoms with Crippen LogP contribution in [0, 0.1) is 17.1 Å². The van der Waals surface area contributed by atoms with Gasteiger partial charge in [-0.25, -0.2) is 4.39 Å². The van der Waals surface area contributed by atoms with Crippen molar-refractivity contribution in [2.24, 2.45) is 0 Å². The number of nitrogens with zero attached hydrogens (tertiary/aromatic N) is 2. The van der Waals surface area contributed by atoms with Crippen LogP contribution in [0.1, 0.15) is 12.0 Å². The van der Waals surface area contributed by atoms with E-state index < -0.39 is 5.82 Å². The predicted octanol–water partition coefficient (Wildman–Crippen LogP) is 3.64. The van der Waals surface area contributed by atoms with Gasteiger partial charge < -0.3 is 10.2 Å². The monoisotopic (exact) mass is 283 g/mol. The van der Waals surface area contributed by atoms with E-state index in [1.807, 2.05) is 31.3 Å². The molecule has 3 nitrogen and oxygen atoms in total. The normalized spacial score (nSPS) is 9.95. The van der Waals surface area contributed by atoms with Crippen LogP contribution in [0.3, 0.4) is 0 Å². The fraction of sp³-hybridized carbons (Fsp3) is 0.235. The highest BCUT2D eigenvalue weighted by atomic mass is 19.1. The third-order valence-electron chi connectivity index (χ3n) is 3.31. The summed E-state index contributed by atoms with van der Waals surface area (Å²) in [6.07, 6.45) is 0.896. The maximum atomic E-state index is 13.4. The topological polar surface area (TPSA) is 39.1 Å². The van der Waals surface area contributed by atoms with Crippen LogP contribution < -0.4 is 10.2 Å². The van der Waals surface area contributed by atoms with Gasteiger partial charge >= 0.3 is 0 Å². The molecule has 0 bridgehead atoms. The van der Waals surface area contributed by atoms with Crippen molar-refractivity contribution in [2.45, 2.75) is 6.42 Å². The second kappa shape index (κ2) is 7.30. The van der Waals surface area contributed by atoms with E-state index in [0.717, 1.165) is 13.0 Å². The molecule has 2 rings (SSSR count). The summed E-state index contributed by atoms with van der Waals surface area (Å²) in [4.78, 5) is 2.17. The Hall–Kier alpha value is -2.54. The van der Waals surface area contributed by atoms with Gasteiger partial charge in [0.1, 0.15) is 17.4 Å². The molecule has 0 aliphatic carbocycles. The van der Waals surface area contributed by atoms with E-state index in [9.17, 15) is 4.39 Å². The maximum absolute atomic E-state index is 13.4. The Morgan fingerprint density at radius 3 is 2.62 bits per heavy atom. The Kier molecular flexibility index (Phi) is 5.16. The van der Waals surface area contributed by atoms with Crippen LogP contribution in [0.4, 0.5) is 15.8 Å². The lowest BCUT2D eigenvalue weighted by atomic mass is 10.2. The highest BCUT2D eigenvalue weighted by Crippen LogP contribution is 2.17. The molecule has 0 radical (unpaired) electrons. The molecule has 0 saturated carbocycles. The molecular weight excluding hydrogens is 265 g/mol. The summed E-state index contributed by atoms with van der Waals surface area (Å²) in [6.45, 7) is 1.57. The third kappa shape index (κ3) is 3.96. The summed E-state index contributed by atoms with van der Waals surface area (Å²) < 4.78 is 13.4. The van der Waals surface area contributed by atoms with Gasteiger partial charge in [-0.3, -0.25) is 0 Å². The highest BCUT2D eigenvalue weighted by molar-refractivity contribution is 5.57. The lowest BCUT2D eigenvalue weighted by Gasteiger charge is -2.19. The van der Waals surface area contributed by atoms with Gasteiger partial charge in [0.15, 0.2) is 0 Å². The third-order valence-corrected chi connectivity index (χ3v) is 3.31. The van der Waals surface area contributed by atoms with E-state index in [-0.39, 0.29) is 5.56 Å². The number of para-hydroxylation sites is 1. The number of hydrogen-bond donors (Lipinski definition) is 1. The number of halogens is 1. The second-order valence-electron chi connectivity index (χ2n) is 4.81. The van der Waals surface area contributed by atoms with E-state index in [1.54, 1.807) is 12.1 Å². The first-order chi connectivity index (χ1) is 10.2. The standard InChI is InChI=1S/C17H18FN3/c1-21(14-7-3-2-4-8-14)12-6-11-20-17-10-5-9-16(18)15(17)13-19/h2-5,7-10,20H,6,11-12H2,1H3. The molecule has 0 atom stereocenters. The zero-order valence-electron chi connectivity index (χ0n) is 12.0. The van der Waals surface area contributed by atoms with Gasteiger partial charge in [-0.05, 0) is 30.7 Å². The van der Waals surface area contributed by atoms with Crippen LogP contribution in [0.2, 0.25) is 0 Å². The summed E-state index contributed by atoms with van der Waals surface area (Å²) in [7, 11) is 2.04. The number of benzene rings is 2. The molecule has 0 aliphatic rings. The van der Waals surface area contributed by atoms with Crippen LogP contribution >= 0.6 is 0 Å². The van der Waals surface area contributed by atoms with Crippen molar-refractivity contribution < 1.29 is 4.39 Å². The summed E-state index contributed by atoms with van der Waals surface area (Å²) >= 11 is 0. The van der Waals surface area contributed by atoms with Crippen molar-refractivity contribution in [3.05, 3.63) is 59.9 Å². The smallest absolute Gasteiger partial charge is 0.143 e. The quantitative estimate of drug-likeness (QED) is 0.823. The van der Waals surface area contributed by atoms with Crippen molar-refractivity contribution >= 4 is 11.4 Å². The molecule has 1 N–H and O–H groups in total. The van der Waals surface area contributed by atoms with Crippen molar-refractivity contribution in [2.75, 3.05) is 30.4 Å².